The van der Waals surface area contributed by atoms with Crippen molar-refractivity contribution < 1.29 is 9.84 Å². The topological polar surface area (TPSA) is 41.5 Å². The van der Waals surface area contributed by atoms with E-state index in [1.165, 1.54) is 51.4 Å². The van der Waals surface area contributed by atoms with E-state index in [-0.39, 0.29) is 11.8 Å². The quantitative estimate of drug-likeness (QED) is 0.602. The summed E-state index contributed by atoms with van der Waals surface area (Å²) < 4.78 is 6.99. The minimum atomic E-state index is -0.0240. The smallest absolute Gasteiger partial charge is 0.122 e. The molecule has 2 saturated heterocycles. The average Bonchev–Trinajstić information content (AvgIpc) is 3.15. The van der Waals surface area contributed by atoms with Gasteiger partial charge >= 0.3 is 0 Å². The molecule has 6 fully saturated rings. The van der Waals surface area contributed by atoms with Crippen molar-refractivity contribution in [2.75, 3.05) is 6.54 Å². The van der Waals surface area contributed by atoms with Crippen LogP contribution in [0.5, 0.6) is 0 Å². The summed E-state index contributed by atoms with van der Waals surface area (Å²) in [7, 11) is 0. The van der Waals surface area contributed by atoms with Gasteiger partial charge in [-0.15, -0.1) is 0 Å². The summed E-state index contributed by atoms with van der Waals surface area (Å²) in [6, 6.07) is 0. The van der Waals surface area contributed by atoms with Crippen molar-refractivity contribution in [2.45, 2.75) is 103 Å². The average molecular weight is 402 g/mol. The van der Waals surface area contributed by atoms with E-state index in [2.05, 4.69) is 26.1 Å². The van der Waals surface area contributed by atoms with Gasteiger partial charge in [-0.2, -0.15) is 0 Å². The molecule has 2 heterocycles. The van der Waals surface area contributed by atoms with Crippen LogP contribution in [-0.2, 0) is 4.74 Å². The predicted molar refractivity (Wildman–Crippen MR) is 115 cm³/mol. The van der Waals surface area contributed by atoms with E-state index in [1.807, 2.05) is 0 Å². The van der Waals surface area contributed by atoms with Crippen molar-refractivity contribution in [3.63, 3.8) is 0 Å². The molecule has 2 N–H and O–H groups in total. The van der Waals surface area contributed by atoms with Gasteiger partial charge in [0.25, 0.3) is 0 Å². The van der Waals surface area contributed by atoms with Gasteiger partial charge in [-0.3, -0.25) is 5.32 Å². The molecule has 3 heteroatoms. The lowest BCUT2D eigenvalue weighted by molar-refractivity contribution is -0.119. The molecule has 1 unspecified atom stereocenters. The molecule has 0 bridgehead atoms. The van der Waals surface area contributed by atoms with Crippen molar-refractivity contribution in [3.8, 4) is 0 Å². The highest BCUT2D eigenvalue weighted by molar-refractivity contribution is 5.15. The standard InChI is InChI=1S/C26H43NO2/c1-15-8-11-26(27-14-15)16(2)24-23(29-26)13-22-21-6-4-17-12-18(28)5-7-19(17)20(21)9-10-25(22,24)3/h15-24,27-28H,4-14H2,1-3H3/t15-,16-,17-,18-,19?,20+,21+,22-,23-,24-,25-,26-/m0/s1. The highest BCUT2D eigenvalue weighted by Gasteiger charge is 2.67. The molecule has 0 aromatic carbocycles. The first-order valence-electron chi connectivity index (χ1n) is 13.0. The third-order valence-electron chi connectivity index (χ3n) is 11.4. The number of hydrogen-bond acceptors (Lipinski definition) is 3. The van der Waals surface area contributed by atoms with Crippen LogP contribution in [0.3, 0.4) is 0 Å². The molecular weight excluding hydrogens is 358 g/mol. The number of ether oxygens (including phenoxy) is 1. The predicted octanol–water partition coefficient (Wildman–Crippen LogP) is 4.98. The van der Waals surface area contributed by atoms with Gasteiger partial charge in [0.05, 0.1) is 12.2 Å². The Hall–Kier alpha value is -0.120. The third-order valence-corrected chi connectivity index (χ3v) is 11.4. The first-order valence-corrected chi connectivity index (χ1v) is 13.0. The lowest BCUT2D eigenvalue weighted by Crippen LogP contribution is -2.56. The summed E-state index contributed by atoms with van der Waals surface area (Å²) in [6.07, 6.45) is 13.4. The van der Waals surface area contributed by atoms with E-state index in [1.54, 1.807) is 0 Å². The van der Waals surface area contributed by atoms with Gasteiger partial charge in [-0.05, 0) is 111 Å². The van der Waals surface area contributed by atoms with Gasteiger partial charge in [0.1, 0.15) is 5.72 Å². The molecule has 0 aromatic heterocycles. The molecule has 12 atom stereocenters. The van der Waals surface area contributed by atoms with Crippen LogP contribution in [0.15, 0.2) is 0 Å². The zero-order chi connectivity index (χ0) is 20.0. The molecule has 6 aliphatic rings. The number of aliphatic hydroxyl groups excluding tert-OH is 1. The molecule has 3 nitrogen and oxygen atoms in total. The highest BCUT2D eigenvalue weighted by Crippen LogP contribution is 2.69. The van der Waals surface area contributed by atoms with E-state index in [0.29, 0.717) is 17.4 Å². The SMILES string of the molecule is C[C@H]1CC[C@]2(NC1)O[C@H]1C[C@H]3[C@@H]4CC[C@H]5C[C@@H](O)CCC5[C@H]4CC[C@]3(C)[C@H]1[C@@H]2C. The van der Waals surface area contributed by atoms with Crippen LogP contribution in [0.4, 0.5) is 0 Å². The Morgan fingerprint density at radius 2 is 1.72 bits per heavy atom. The Morgan fingerprint density at radius 3 is 2.52 bits per heavy atom. The van der Waals surface area contributed by atoms with E-state index >= 15 is 0 Å². The zero-order valence-electron chi connectivity index (χ0n) is 18.9. The van der Waals surface area contributed by atoms with Gasteiger partial charge < -0.3 is 9.84 Å². The van der Waals surface area contributed by atoms with Crippen molar-refractivity contribution >= 4 is 0 Å². The second kappa shape index (κ2) is 6.69. The Balaban J connectivity index is 1.24. The summed E-state index contributed by atoms with van der Waals surface area (Å²) in [5.74, 6) is 6.67. The third kappa shape index (κ3) is 2.72. The Kier molecular flexibility index (Phi) is 4.51. The van der Waals surface area contributed by atoms with Gasteiger partial charge in [0.2, 0.25) is 0 Å². The summed E-state index contributed by atoms with van der Waals surface area (Å²) in [5, 5.41) is 14.1. The van der Waals surface area contributed by atoms with Crippen LogP contribution in [0.25, 0.3) is 0 Å². The fourth-order valence-electron chi connectivity index (χ4n) is 10.0. The number of hydrogen-bond donors (Lipinski definition) is 2. The maximum Gasteiger partial charge on any atom is 0.122 e. The number of rotatable bonds is 0. The Morgan fingerprint density at radius 1 is 0.897 bits per heavy atom. The fraction of sp³-hybridized carbons (Fsp3) is 1.00. The fourth-order valence-corrected chi connectivity index (χ4v) is 10.0. The zero-order valence-corrected chi connectivity index (χ0v) is 18.9. The summed E-state index contributed by atoms with van der Waals surface area (Å²) in [5.41, 5.74) is 0.463. The summed E-state index contributed by atoms with van der Waals surface area (Å²) >= 11 is 0. The lowest BCUT2D eigenvalue weighted by atomic mass is 9.49. The first kappa shape index (κ1) is 19.6. The lowest BCUT2D eigenvalue weighted by Gasteiger charge is -2.57. The van der Waals surface area contributed by atoms with Gasteiger partial charge in [0, 0.05) is 12.5 Å². The van der Waals surface area contributed by atoms with Crippen LogP contribution >= 0.6 is 0 Å². The Labute approximate surface area is 177 Å². The molecule has 6 rings (SSSR count). The van der Waals surface area contributed by atoms with Crippen LogP contribution in [0.1, 0.15) is 85.0 Å². The second-order valence-electron chi connectivity index (χ2n) is 12.6. The number of fused-ring (bicyclic) bond motifs is 7. The summed E-state index contributed by atoms with van der Waals surface area (Å²) in [6.45, 7) is 8.69. The van der Waals surface area contributed by atoms with Crippen LogP contribution in [0, 0.1) is 52.8 Å². The Bertz CT molecular complexity index is 643. The van der Waals surface area contributed by atoms with Crippen molar-refractivity contribution in [2.24, 2.45) is 52.8 Å². The molecular formula is C26H43NO2. The number of aliphatic hydroxyl groups is 1. The van der Waals surface area contributed by atoms with E-state index in [0.717, 1.165) is 60.8 Å². The molecule has 0 aromatic rings. The number of piperidine rings is 1. The van der Waals surface area contributed by atoms with E-state index in [4.69, 9.17) is 4.74 Å². The molecule has 2 aliphatic heterocycles. The maximum atomic E-state index is 10.2. The molecule has 0 radical (unpaired) electrons. The summed E-state index contributed by atoms with van der Waals surface area (Å²) in [4.78, 5) is 0. The highest BCUT2D eigenvalue weighted by atomic mass is 16.5. The number of nitrogens with one attached hydrogen (secondary N) is 1. The van der Waals surface area contributed by atoms with Crippen molar-refractivity contribution in [1.82, 2.24) is 5.32 Å². The minimum Gasteiger partial charge on any atom is -0.393 e. The van der Waals surface area contributed by atoms with Gasteiger partial charge in [-0.1, -0.05) is 20.8 Å². The largest absolute Gasteiger partial charge is 0.393 e. The van der Waals surface area contributed by atoms with Crippen LogP contribution in [0.2, 0.25) is 0 Å². The van der Waals surface area contributed by atoms with Crippen LogP contribution < -0.4 is 5.32 Å². The van der Waals surface area contributed by atoms with Crippen LogP contribution in [-0.4, -0.2) is 29.6 Å². The first-order chi connectivity index (χ1) is 13.9. The van der Waals surface area contributed by atoms with Gasteiger partial charge in [0.15, 0.2) is 0 Å². The molecule has 4 aliphatic carbocycles. The van der Waals surface area contributed by atoms with Crippen molar-refractivity contribution in [1.29, 1.82) is 0 Å². The normalized spacial score (nSPS) is 61.7. The maximum absolute atomic E-state index is 10.2. The molecule has 0 amide bonds. The molecule has 164 valence electrons. The molecule has 4 saturated carbocycles. The minimum absolute atomic E-state index is 0.0105. The van der Waals surface area contributed by atoms with E-state index < -0.39 is 0 Å². The van der Waals surface area contributed by atoms with Gasteiger partial charge in [-0.25, -0.2) is 0 Å². The van der Waals surface area contributed by atoms with E-state index in [9.17, 15) is 5.11 Å². The molecule has 1 spiro atoms. The second-order valence-corrected chi connectivity index (χ2v) is 12.6. The monoisotopic (exact) mass is 401 g/mol. The van der Waals surface area contributed by atoms with Crippen molar-refractivity contribution in [3.05, 3.63) is 0 Å². The molecule has 29 heavy (non-hydrogen) atoms.